The van der Waals surface area contributed by atoms with Crippen molar-refractivity contribution in [2.45, 2.75) is 23.8 Å². The highest BCUT2D eigenvalue weighted by atomic mass is 35.5. The fourth-order valence-electron chi connectivity index (χ4n) is 3.38. The molecule has 0 bridgehead atoms. The van der Waals surface area contributed by atoms with E-state index < -0.39 is 15.8 Å². The molecule has 1 atom stereocenters. The second kappa shape index (κ2) is 11.5. The summed E-state index contributed by atoms with van der Waals surface area (Å²) in [6.45, 7) is 5.73. The van der Waals surface area contributed by atoms with Crippen LogP contribution in [0.25, 0.3) is 0 Å². The molecule has 3 rings (SSSR count). The van der Waals surface area contributed by atoms with Gasteiger partial charge >= 0.3 is 0 Å². The lowest BCUT2D eigenvalue weighted by molar-refractivity contribution is 0.0350. The molecule has 0 saturated carbocycles. The Morgan fingerprint density at radius 1 is 1.19 bits per heavy atom. The second-order valence-corrected chi connectivity index (χ2v) is 8.41. The first-order valence-electron chi connectivity index (χ1n) is 8.85. The monoisotopic (exact) mass is 443 g/mol. The van der Waals surface area contributed by atoms with Gasteiger partial charge in [-0.3, -0.25) is 4.90 Å². The van der Waals surface area contributed by atoms with Crippen molar-refractivity contribution in [3.8, 4) is 0 Å². The van der Waals surface area contributed by atoms with Crippen LogP contribution in [0.2, 0.25) is 0 Å². The van der Waals surface area contributed by atoms with Gasteiger partial charge < -0.3 is 10.1 Å². The van der Waals surface area contributed by atoms with Crippen molar-refractivity contribution in [2.24, 2.45) is 0 Å². The minimum absolute atomic E-state index is 0. The molecule has 0 aliphatic carbocycles. The molecule has 1 N–H and O–H groups in total. The Morgan fingerprint density at radius 3 is 2.44 bits per heavy atom. The smallest absolute Gasteiger partial charge is 0.243 e. The Bertz CT molecular complexity index is 652. The van der Waals surface area contributed by atoms with Crippen molar-refractivity contribution < 1.29 is 17.5 Å². The molecule has 6 nitrogen and oxygen atoms in total. The number of rotatable bonds is 6. The zero-order valence-corrected chi connectivity index (χ0v) is 17.6. The fraction of sp³-hybridized carbons (Fsp3) is 0.647. The van der Waals surface area contributed by atoms with Gasteiger partial charge in [0.15, 0.2) is 0 Å². The molecular weight excluding hydrogens is 416 g/mol. The van der Waals surface area contributed by atoms with E-state index in [0.717, 1.165) is 32.5 Å². The quantitative estimate of drug-likeness (QED) is 0.725. The summed E-state index contributed by atoms with van der Waals surface area (Å²) in [5, 5.41) is 3.29. The van der Waals surface area contributed by atoms with Gasteiger partial charge in [-0.25, -0.2) is 12.8 Å². The number of benzene rings is 1. The number of hydrogen-bond donors (Lipinski definition) is 1. The first-order valence-corrected chi connectivity index (χ1v) is 10.3. The zero-order chi connectivity index (χ0) is 17.7. The van der Waals surface area contributed by atoms with Gasteiger partial charge in [0.2, 0.25) is 10.0 Å². The van der Waals surface area contributed by atoms with Crippen LogP contribution in [0.4, 0.5) is 4.39 Å². The maximum absolute atomic E-state index is 13.2. The average molecular weight is 444 g/mol. The molecule has 10 heteroatoms. The largest absolute Gasteiger partial charge is 0.379 e. The number of morpholine rings is 1. The molecule has 1 aromatic carbocycles. The van der Waals surface area contributed by atoms with E-state index in [1.165, 1.54) is 24.3 Å². The van der Waals surface area contributed by atoms with Crippen LogP contribution in [0.15, 0.2) is 29.2 Å². The maximum Gasteiger partial charge on any atom is 0.243 e. The SMILES string of the molecule is Cl.Cl.O=S(=O)(c1ccc(F)cc1)N(CCN1CCOCC1)C1CCCNC1. The molecule has 2 fully saturated rings. The number of sulfonamides is 1. The number of ether oxygens (including phenoxy) is 1. The van der Waals surface area contributed by atoms with Crippen molar-refractivity contribution in [3.63, 3.8) is 0 Å². The number of hydrogen-bond acceptors (Lipinski definition) is 5. The summed E-state index contributed by atoms with van der Waals surface area (Å²) in [5.74, 6) is -0.432. The lowest BCUT2D eigenvalue weighted by Crippen LogP contribution is -2.51. The van der Waals surface area contributed by atoms with E-state index in [1.54, 1.807) is 4.31 Å². The average Bonchev–Trinajstić information content (AvgIpc) is 2.64. The summed E-state index contributed by atoms with van der Waals surface area (Å²) in [6, 6.07) is 5.04. The normalized spacial score (nSPS) is 21.3. The fourth-order valence-corrected chi connectivity index (χ4v) is 5.03. The first-order chi connectivity index (χ1) is 12.1. The van der Waals surface area contributed by atoms with Gasteiger partial charge in [-0.15, -0.1) is 24.8 Å². The number of halogens is 3. The van der Waals surface area contributed by atoms with E-state index in [9.17, 15) is 12.8 Å². The van der Waals surface area contributed by atoms with Crippen LogP contribution < -0.4 is 5.32 Å². The van der Waals surface area contributed by atoms with E-state index in [4.69, 9.17) is 4.74 Å². The van der Waals surface area contributed by atoms with Gasteiger partial charge in [0.05, 0.1) is 18.1 Å². The van der Waals surface area contributed by atoms with Crippen LogP contribution in [-0.2, 0) is 14.8 Å². The Morgan fingerprint density at radius 2 is 1.85 bits per heavy atom. The van der Waals surface area contributed by atoms with Gasteiger partial charge in [-0.05, 0) is 43.7 Å². The third-order valence-corrected chi connectivity index (χ3v) is 6.80. The number of piperidine rings is 1. The minimum Gasteiger partial charge on any atom is -0.379 e. The number of nitrogens with zero attached hydrogens (tertiary/aromatic N) is 2. The summed E-state index contributed by atoms with van der Waals surface area (Å²) < 4.78 is 46.4. The summed E-state index contributed by atoms with van der Waals surface area (Å²) in [6.07, 6.45) is 1.80. The summed E-state index contributed by atoms with van der Waals surface area (Å²) in [5.41, 5.74) is 0. The molecule has 0 spiro atoms. The molecule has 156 valence electrons. The molecule has 0 amide bonds. The van der Waals surface area contributed by atoms with Crippen molar-refractivity contribution >= 4 is 34.8 Å². The zero-order valence-electron chi connectivity index (χ0n) is 15.2. The van der Waals surface area contributed by atoms with Crippen LogP contribution in [0.3, 0.4) is 0 Å². The highest BCUT2D eigenvalue weighted by molar-refractivity contribution is 7.89. The van der Waals surface area contributed by atoms with E-state index in [0.29, 0.717) is 32.8 Å². The molecule has 2 aliphatic rings. The Hall–Kier alpha value is -0.480. The summed E-state index contributed by atoms with van der Waals surface area (Å²) in [7, 11) is -3.65. The van der Waals surface area contributed by atoms with Crippen LogP contribution in [0.5, 0.6) is 0 Å². The highest BCUT2D eigenvalue weighted by Crippen LogP contribution is 2.22. The van der Waals surface area contributed by atoms with Crippen molar-refractivity contribution in [2.75, 3.05) is 52.5 Å². The molecule has 1 aromatic rings. The molecule has 2 aliphatic heterocycles. The van der Waals surface area contributed by atoms with Crippen LogP contribution in [0.1, 0.15) is 12.8 Å². The topological polar surface area (TPSA) is 61.9 Å². The van der Waals surface area contributed by atoms with Gasteiger partial charge in [0.25, 0.3) is 0 Å². The van der Waals surface area contributed by atoms with Crippen LogP contribution >= 0.6 is 24.8 Å². The molecule has 0 radical (unpaired) electrons. The second-order valence-electron chi connectivity index (χ2n) is 6.52. The van der Waals surface area contributed by atoms with E-state index >= 15 is 0 Å². The van der Waals surface area contributed by atoms with Gasteiger partial charge in [-0.2, -0.15) is 4.31 Å². The van der Waals surface area contributed by atoms with Crippen LogP contribution in [-0.4, -0.2) is 76.1 Å². The van der Waals surface area contributed by atoms with Gasteiger partial charge in [0.1, 0.15) is 5.82 Å². The van der Waals surface area contributed by atoms with Gasteiger partial charge in [0, 0.05) is 38.8 Å². The standard InChI is InChI=1S/C17H26FN3O3S.2ClH/c18-15-3-5-17(6-4-15)25(22,23)21(16-2-1-7-19-14-16)9-8-20-10-12-24-13-11-20;;/h3-6,16,19H,1-2,7-14H2;2*1H. The van der Waals surface area contributed by atoms with Crippen LogP contribution in [0, 0.1) is 5.82 Å². The predicted octanol–water partition coefficient (Wildman–Crippen LogP) is 1.74. The van der Waals surface area contributed by atoms with E-state index in [2.05, 4.69) is 10.2 Å². The summed E-state index contributed by atoms with van der Waals surface area (Å²) in [4.78, 5) is 2.38. The molecule has 0 aromatic heterocycles. The Kier molecular flexibility index (Phi) is 10.5. The highest BCUT2D eigenvalue weighted by Gasteiger charge is 2.32. The van der Waals surface area contributed by atoms with Gasteiger partial charge in [-0.1, -0.05) is 0 Å². The molecule has 27 heavy (non-hydrogen) atoms. The minimum atomic E-state index is -3.65. The molecule has 1 unspecified atom stereocenters. The van der Waals surface area contributed by atoms with Crippen molar-refractivity contribution in [3.05, 3.63) is 30.1 Å². The predicted molar refractivity (Wildman–Crippen MR) is 108 cm³/mol. The van der Waals surface area contributed by atoms with Crippen molar-refractivity contribution in [1.29, 1.82) is 0 Å². The lowest BCUT2D eigenvalue weighted by Gasteiger charge is -2.36. The number of nitrogens with one attached hydrogen (secondary N) is 1. The van der Waals surface area contributed by atoms with E-state index in [-0.39, 0.29) is 35.8 Å². The molecular formula is C17H28Cl2FN3O3S. The maximum atomic E-state index is 13.2. The lowest BCUT2D eigenvalue weighted by atomic mass is 10.1. The molecule has 2 heterocycles. The third kappa shape index (κ3) is 6.52. The Labute approximate surface area is 173 Å². The third-order valence-electron chi connectivity index (χ3n) is 4.84. The Balaban J connectivity index is 0.00000182. The van der Waals surface area contributed by atoms with Crippen molar-refractivity contribution in [1.82, 2.24) is 14.5 Å². The van der Waals surface area contributed by atoms with E-state index in [1.807, 2.05) is 0 Å². The summed E-state index contributed by atoms with van der Waals surface area (Å²) >= 11 is 0. The first kappa shape index (κ1) is 24.6. The molecule has 2 saturated heterocycles.